The number of allylic oxidation sites excluding steroid dienone is 2. The Labute approximate surface area is 76.2 Å². The van der Waals surface area contributed by atoms with Gasteiger partial charge in [0, 0.05) is 5.54 Å². The predicted octanol–water partition coefficient (Wildman–Crippen LogP) is 2.87. The van der Waals surface area contributed by atoms with E-state index in [1.807, 2.05) is 0 Å². The molecule has 0 spiro atoms. The van der Waals surface area contributed by atoms with Gasteiger partial charge in [-0.2, -0.15) is 0 Å². The molecular weight excluding hydrogens is 146 g/mol. The molecule has 0 amide bonds. The summed E-state index contributed by atoms with van der Waals surface area (Å²) < 4.78 is 0. The first-order valence-corrected chi connectivity index (χ1v) is 5.03. The van der Waals surface area contributed by atoms with Crippen molar-refractivity contribution in [2.45, 2.75) is 52.0 Å². The molecule has 1 heteroatoms. The molecule has 1 nitrogen and oxygen atoms in total. The summed E-state index contributed by atoms with van der Waals surface area (Å²) in [5.41, 5.74) is 1.95. The van der Waals surface area contributed by atoms with Crippen LogP contribution in [0.3, 0.4) is 0 Å². The lowest BCUT2D eigenvalue weighted by atomic mass is 9.92. The first-order chi connectivity index (χ1) is 5.66. The molecule has 0 aliphatic carbocycles. The van der Waals surface area contributed by atoms with Crippen LogP contribution in [-0.4, -0.2) is 12.1 Å². The van der Waals surface area contributed by atoms with Crippen LogP contribution < -0.4 is 5.32 Å². The van der Waals surface area contributed by atoms with Crippen LogP contribution in [0.2, 0.25) is 0 Å². The van der Waals surface area contributed by atoms with Gasteiger partial charge in [0.15, 0.2) is 0 Å². The third-order valence-electron chi connectivity index (χ3n) is 3.02. The van der Waals surface area contributed by atoms with Crippen LogP contribution in [0.4, 0.5) is 0 Å². The van der Waals surface area contributed by atoms with Gasteiger partial charge in [-0.05, 0) is 53.0 Å². The zero-order valence-electron chi connectivity index (χ0n) is 8.61. The lowest BCUT2D eigenvalue weighted by molar-refractivity contribution is 0.384. The van der Waals surface area contributed by atoms with Crippen molar-refractivity contribution >= 4 is 0 Å². The topological polar surface area (TPSA) is 12.0 Å². The van der Waals surface area contributed by atoms with Crippen LogP contribution in [0.15, 0.2) is 11.6 Å². The monoisotopic (exact) mass is 167 g/mol. The van der Waals surface area contributed by atoms with Crippen molar-refractivity contribution in [1.82, 2.24) is 5.32 Å². The second kappa shape index (κ2) is 4.08. The summed E-state index contributed by atoms with van der Waals surface area (Å²) in [6.45, 7) is 7.91. The van der Waals surface area contributed by atoms with Crippen LogP contribution in [-0.2, 0) is 0 Å². The molecule has 1 aliphatic rings. The van der Waals surface area contributed by atoms with Gasteiger partial charge in [0.2, 0.25) is 0 Å². The molecule has 1 unspecified atom stereocenters. The summed E-state index contributed by atoms with van der Waals surface area (Å²) in [6, 6.07) is 0. The fraction of sp³-hybridized carbons (Fsp3) is 0.818. The molecule has 0 aromatic heterocycles. The molecule has 1 heterocycles. The zero-order valence-corrected chi connectivity index (χ0v) is 8.61. The highest BCUT2D eigenvalue weighted by molar-refractivity contribution is 4.99. The molecule has 0 radical (unpaired) electrons. The third kappa shape index (κ3) is 2.63. The van der Waals surface area contributed by atoms with Gasteiger partial charge in [-0.25, -0.2) is 0 Å². The van der Waals surface area contributed by atoms with Gasteiger partial charge in [0.05, 0.1) is 0 Å². The summed E-state index contributed by atoms with van der Waals surface area (Å²) in [6.07, 6.45) is 7.47. The van der Waals surface area contributed by atoms with Crippen molar-refractivity contribution < 1.29 is 0 Å². The van der Waals surface area contributed by atoms with E-state index in [2.05, 4.69) is 32.2 Å². The maximum Gasteiger partial charge on any atom is 0.0156 e. The summed E-state index contributed by atoms with van der Waals surface area (Å²) in [7, 11) is 0. The molecule has 0 bridgehead atoms. The smallest absolute Gasteiger partial charge is 0.0156 e. The normalized spacial score (nSPS) is 31.1. The van der Waals surface area contributed by atoms with E-state index in [9.17, 15) is 0 Å². The van der Waals surface area contributed by atoms with Gasteiger partial charge in [-0.15, -0.1) is 0 Å². The minimum absolute atomic E-state index is 0.435. The zero-order chi connectivity index (χ0) is 9.03. The summed E-state index contributed by atoms with van der Waals surface area (Å²) in [5.74, 6) is 0. The second-order valence-electron chi connectivity index (χ2n) is 4.23. The summed E-state index contributed by atoms with van der Waals surface area (Å²) >= 11 is 0. The van der Waals surface area contributed by atoms with E-state index >= 15 is 0 Å². The van der Waals surface area contributed by atoms with Crippen LogP contribution in [0.1, 0.15) is 46.5 Å². The largest absolute Gasteiger partial charge is 0.312 e. The Morgan fingerprint density at radius 1 is 1.58 bits per heavy atom. The van der Waals surface area contributed by atoms with E-state index < -0.39 is 0 Å². The highest BCUT2D eigenvalue weighted by Crippen LogP contribution is 2.25. The Morgan fingerprint density at radius 3 is 2.83 bits per heavy atom. The Bertz CT molecular complexity index is 164. The van der Waals surface area contributed by atoms with Crippen molar-refractivity contribution in [1.29, 1.82) is 0 Å². The van der Waals surface area contributed by atoms with Crippen LogP contribution in [0.25, 0.3) is 0 Å². The SMILES string of the molecule is C/C=C(/C)CCC1(C)CCCN1. The first kappa shape index (κ1) is 9.79. The predicted molar refractivity (Wildman–Crippen MR) is 54.3 cm³/mol. The van der Waals surface area contributed by atoms with Gasteiger partial charge in [-0.1, -0.05) is 11.6 Å². The minimum Gasteiger partial charge on any atom is -0.312 e. The molecule has 1 rings (SSSR count). The molecule has 0 aromatic rings. The molecule has 1 N–H and O–H groups in total. The first-order valence-electron chi connectivity index (χ1n) is 5.03. The standard InChI is InChI=1S/C11H21N/c1-4-10(2)6-8-11(3)7-5-9-12-11/h4,12H,5-9H2,1-3H3/b10-4-. The van der Waals surface area contributed by atoms with E-state index in [1.165, 1.54) is 37.8 Å². The van der Waals surface area contributed by atoms with Crippen molar-refractivity contribution in [3.05, 3.63) is 11.6 Å². The third-order valence-corrected chi connectivity index (χ3v) is 3.02. The average Bonchev–Trinajstić information content (AvgIpc) is 2.49. The van der Waals surface area contributed by atoms with Crippen molar-refractivity contribution in [2.24, 2.45) is 0 Å². The van der Waals surface area contributed by atoms with Gasteiger partial charge >= 0.3 is 0 Å². The van der Waals surface area contributed by atoms with E-state index in [4.69, 9.17) is 0 Å². The van der Waals surface area contributed by atoms with Gasteiger partial charge in [0.1, 0.15) is 0 Å². The lowest BCUT2D eigenvalue weighted by Gasteiger charge is -2.24. The van der Waals surface area contributed by atoms with Gasteiger partial charge in [0.25, 0.3) is 0 Å². The van der Waals surface area contributed by atoms with Gasteiger partial charge < -0.3 is 5.32 Å². The van der Waals surface area contributed by atoms with E-state index in [0.29, 0.717) is 5.54 Å². The fourth-order valence-corrected chi connectivity index (χ4v) is 1.79. The van der Waals surface area contributed by atoms with Crippen molar-refractivity contribution in [3.8, 4) is 0 Å². The quantitative estimate of drug-likeness (QED) is 0.637. The molecule has 1 saturated heterocycles. The fourth-order valence-electron chi connectivity index (χ4n) is 1.79. The van der Waals surface area contributed by atoms with Crippen LogP contribution in [0, 0.1) is 0 Å². The molecule has 1 atom stereocenters. The molecule has 12 heavy (non-hydrogen) atoms. The second-order valence-corrected chi connectivity index (χ2v) is 4.23. The van der Waals surface area contributed by atoms with E-state index in [0.717, 1.165) is 0 Å². The maximum atomic E-state index is 3.59. The highest BCUT2D eigenvalue weighted by Gasteiger charge is 2.26. The van der Waals surface area contributed by atoms with Crippen molar-refractivity contribution in [2.75, 3.05) is 6.54 Å². The number of hydrogen-bond acceptors (Lipinski definition) is 1. The molecule has 0 saturated carbocycles. The Morgan fingerprint density at radius 2 is 2.33 bits per heavy atom. The number of hydrogen-bond donors (Lipinski definition) is 1. The lowest BCUT2D eigenvalue weighted by Crippen LogP contribution is -2.35. The summed E-state index contributed by atoms with van der Waals surface area (Å²) in [4.78, 5) is 0. The van der Waals surface area contributed by atoms with Crippen molar-refractivity contribution in [3.63, 3.8) is 0 Å². The highest BCUT2D eigenvalue weighted by atomic mass is 15.0. The molecular formula is C11H21N. The van der Waals surface area contributed by atoms with E-state index in [1.54, 1.807) is 0 Å². The van der Waals surface area contributed by atoms with Gasteiger partial charge in [-0.3, -0.25) is 0 Å². The number of nitrogens with one attached hydrogen (secondary N) is 1. The summed E-state index contributed by atoms with van der Waals surface area (Å²) in [5, 5.41) is 3.59. The average molecular weight is 167 g/mol. The van der Waals surface area contributed by atoms with E-state index in [-0.39, 0.29) is 0 Å². The Kier molecular flexibility index (Phi) is 3.33. The van der Waals surface area contributed by atoms with Crippen LogP contribution >= 0.6 is 0 Å². The molecule has 1 fully saturated rings. The Hall–Kier alpha value is -0.300. The number of rotatable bonds is 3. The minimum atomic E-state index is 0.435. The molecule has 0 aromatic carbocycles. The van der Waals surface area contributed by atoms with Crippen LogP contribution in [0.5, 0.6) is 0 Å². The molecule has 70 valence electrons. The molecule has 1 aliphatic heterocycles. The maximum absolute atomic E-state index is 3.59. The Balaban J connectivity index is 2.30.